The Morgan fingerprint density at radius 1 is 0.512 bits per heavy atom. The number of hydrogen-bond donors (Lipinski definition) is 24. The van der Waals surface area contributed by atoms with Crippen molar-refractivity contribution in [3.63, 3.8) is 0 Å². The molecule has 82 heavy (non-hydrogen) atoms. The molecular formula is C45H71N15O22. The van der Waals surface area contributed by atoms with E-state index in [4.69, 9.17) is 27.7 Å². The Labute approximate surface area is 465 Å². The highest BCUT2D eigenvalue weighted by Gasteiger charge is 2.37. The molecule has 37 nitrogen and oxygen atoms in total. The van der Waals surface area contributed by atoms with E-state index in [2.05, 4.69) is 26.6 Å². The van der Waals surface area contributed by atoms with E-state index in [0.29, 0.717) is 0 Å². The number of phenolic OH excluding ortho intramolecular Hbond substituents is 1. The maximum Gasteiger partial charge on any atom is 0.328 e. The summed E-state index contributed by atoms with van der Waals surface area (Å²) in [5.74, 6) is -18.0. The minimum Gasteiger partial charge on any atom is -0.508 e. The highest BCUT2D eigenvalue weighted by Crippen LogP contribution is 2.13. The second kappa shape index (κ2) is 35.7. The molecule has 1 rings (SSSR count). The van der Waals surface area contributed by atoms with E-state index in [1.807, 2.05) is 31.9 Å². The molecule has 0 radical (unpaired) electrons. The van der Waals surface area contributed by atoms with Gasteiger partial charge in [-0.2, -0.15) is 0 Å². The molecule has 0 heterocycles. The highest BCUT2D eigenvalue weighted by molar-refractivity contribution is 6.00. The zero-order chi connectivity index (χ0) is 62.6. The SMILES string of the molecule is C[C@@H](O)[C@H](N)C(=O)N[C@@H](CO)C(=O)N[C@@H](CO)C(=O)N[C@H](C(=O)N[C@@H](CO)C(=O)N[C@@H](Cc1ccc(O)cc1)C(=O)N[C@@H](CC(N)=O)C(=O)N[C@@H](CCCNC(=N)N)C(=O)NCC(=O)N[C@@H](CC(=O)O)C(=O)N[C@@H](CO)C(=O)O)[C@@H](C)O. The normalized spacial score (nSPS) is 15.3. The number of carboxylic acid groups (broad SMARTS) is 2. The van der Waals surface area contributed by atoms with Gasteiger partial charge in [0.05, 0.1) is 58.0 Å². The van der Waals surface area contributed by atoms with Crippen LogP contribution in [0.4, 0.5) is 0 Å². The van der Waals surface area contributed by atoms with E-state index in [9.17, 15) is 103 Å². The molecule has 0 saturated heterocycles. The van der Waals surface area contributed by atoms with Gasteiger partial charge in [-0.1, -0.05) is 12.1 Å². The predicted octanol–water partition coefficient (Wildman–Crippen LogP) is -12.8. The molecule has 27 N–H and O–H groups in total. The van der Waals surface area contributed by atoms with Gasteiger partial charge in [0.25, 0.3) is 0 Å². The Balaban J connectivity index is 3.45. The Morgan fingerprint density at radius 2 is 0.939 bits per heavy atom. The number of rotatable bonds is 37. The van der Waals surface area contributed by atoms with Gasteiger partial charge in [-0.05, 0) is 44.4 Å². The minimum atomic E-state index is -2.03. The third kappa shape index (κ3) is 25.5. The maximum atomic E-state index is 14.1. The standard InChI is InChI=1S/C45H71N15O22/c1-18(65)33(47)42(79)57-26(14-61)40(77)56-28(16-63)41(78)60-34(19(2)66)43(80)58-27(15-62)39(76)54-23(10-20-5-7-21(67)8-6-20)36(73)55-24(11-30(46)68)37(74)53-22(4-3-9-50-45(48)49)35(72)51-13-31(69)52-25(12-32(70)71)38(75)59-29(17-64)44(81)82/h5-8,18-19,22-29,33-34,61-67H,3-4,9-17,47H2,1-2H3,(H2,46,68)(H,51,72)(H,52,69)(H,53,74)(H,54,76)(H,55,73)(H,56,77)(H,57,79)(H,58,80)(H,59,75)(H,60,78)(H,70,71)(H,81,82)(H4,48,49,50)/t18-,19-,22+,23+,24+,25+,26+,27+,28+,29+,33+,34+/m1/s1. The van der Waals surface area contributed by atoms with Crippen LogP contribution >= 0.6 is 0 Å². The smallest absolute Gasteiger partial charge is 0.328 e. The van der Waals surface area contributed by atoms with Crippen LogP contribution in [0.5, 0.6) is 5.75 Å². The molecule has 0 aliphatic rings. The number of amides is 11. The molecule has 1 aromatic carbocycles. The van der Waals surface area contributed by atoms with Crippen LogP contribution in [0.25, 0.3) is 0 Å². The van der Waals surface area contributed by atoms with Gasteiger partial charge in [0.1, 0.15) is 66.2 Å². The van der Waals surface area contributed by atoms with Crippen LogP contribution < -0.4 is 75.7 Å². The number of carboxylic acids is 2. The monoisotopic (exact) mass is 1170 g/mol. The van der Waals surface area contributed by atoms with Crippen LogP contribution in [0.3, 0.4) is 0 Å². The fourth-order valence-corrected chi connectivity index (χ4v) is 6.74. The van der Waals surface area contributed by atoms with Gasteiger partial charge in [-0.3, -0.25) is 62.9 Å². The maximum absolute atomic E-state index is 14.1. The predicted molar refractivity (Wildman–Crippen MR) is 275 cm³/mol. The van der Waals surface area contributed by atoms with Gasteiger partial charge in [0, 0.05) is 13.0 Å². The van der Waals surface area contributed by atoms with Crippen molar-refractivity contribution >= 4 is 82.9 Å². The van der Waals surface area contributed by atoms with Crippen molar-refractivity contribution in [3.05, 3.63) is 29.8 Å². The van der Waals surface area contributed by atoms with Gasteiger partial charge in [-0.25, -0.2) is 4.79 Å². The van der Waals surface area contributed by atoms with Crippen molar-refractivity contribution < 1.29 is 108 Å². The van der Waals surface area contributed by atoms with Crippen LogP contribution in [0.2, 0.25) is 0 Å². The van der Waals surface area contributed by atoms with Gasteiger partial charge >= 0.3 is 11.9 Å². The van der Waals surface area contributed by atoms with E-state index >= 15 is 0 Å². The number of guanidine groups is 1. The van der Waals surface area contributed by atoms with E-state index in [1.165, 1.54) is 24.3 Å². The third-order valence-electron chi connectivity index (χ3n) is 11.2. The Morgan fingerprint density at radius 3 is 1.40 bits per heavy atom. The summed E-state index contributed by atoms with van der Waals surface area (Å²) in [6.07, 6.45) is -6.19. The largest absolute Gasteiger partial charge is 0.508 e. The number of phenols is 1. The summed E-state index contributed by atoms with van der Waals surface area (Å²) in [5, 5.41) is 118. The lowest BCUT2D eigenvalue weighted by atomic mass is 10.0. The molecule has 1 aromatic rings. The summed E-state index contributed by atoms with van der Waals surface area (Å²) < 4.78 is 0. The first kappa shape index (κ1) is 71.1. The van der Waals surface area contributed by atoms with Crippen LogP contribution in [-0.2, 0) is 68.7 Å². The lowest BCUT2D eigenvalue weighted by Crippen LogP contribution is -2.63. The number of primary amides is 1. The molecule has 0 aliphatic carbocycles. The number of benzene rings is 1. The number of nitrogens with two attached hydrogens (primary N) is 3. The van der Waals surface area contributed by atoms with Crippen LogP contribution in [0.15, 0.2) is 24.3 Å². The topological polar surface area (TPSA) is 638 Å². The van der Waals surface area contributed by atoms with Crippen molar-refractivity contribution in [2.45, 2.75) is 119 Å². The zero-order valence-electron chi connectivity index (χ0n) is 44.1. The third-order valence-corrected chi connectivity index (χ3v) is 11.2. The number of nitrogens with one attached hydrogen (secondary N) is 12. The van der Waals surface area contributed by atoms with Crippen molar-refractivity contribution in [2.75, 3.05) is 39.5 Å². The van der Waals surface area contributed by atoms with Crippen molar-refractivity contribution in [1.29, 1.82) is 5.41 Å². The second-order valence-electron chi connectivity index (χ2n) is 17.9. The second-order valence-corrected chi connectivity index (χ2v) is 17.9. The van der Waals surface area contributed by atoms with Gasteiger partial charge in [0.15, 0.2) is 5.96 Å². The molecule has 0 fully saturated rings. The molecule has 0 aliphatic heterocycles. The summed E-state index contributed by atoms with van der Waals surface area (Å²) in [6, 6.07) is -13.7. The summed E-state index contributed by atoms with van der Waals surface area (Å²) in [5.41, 5.74) is 16.5. The highest BCUT2D eigenvalue weighted by atomic mass is 16.4. The number of aliphatic hydroxyl groups is 6. The molecule has 458 valence electrons. The van der Waals surface area contributed by atoms with Gasteiger partial charge in [-0.15, -0.1) is 0 Å². The van der Waals surface area contributed by atoms with Crippen molar-refractivity contribution in [3.8, 4) is 5.75 Å². The van der Waals surface area contributed by atoms with E-state index in [-0.39, 0.29) is 30.7 Å². The summed E-state index contributed by atoms with van der Waals surface area (Å²) in [6.45, 7) is -3.55. The average Bonchev–Trinajstić information content (AvgIpc) is 3.48. The number of aliphatic hydroxyl groups excluding tert-OH is 6. The molecule has 37 heteroatoms. The Bertz CT molecular complexity index is 2430. The minimum absolute atomic E-state index is 0.0562. The van der Waals surface area contributed by atoms with Gasteiger partial charge in [0.2, 0.25) is 65.0 Å². The Hall–Kier alpha value is -8.88. The van der Waals surface area contributed by atoms with Gasteiger partial charge < -0.3 is 122 Å². The summed E-state index contributed by atoms with van der Waals surface area (Å²) in [7, 11) is 0. The van der Waals surface area contributed by atoms with Crippen LogP contribution in [0, 0.1) is 5.41 Å². The first-order valence-corrected chi connectivity index (χ1v) is 24.5. The van der Waals surface area contributed by atoms with E-state index < -0.39 is 208 Å². The molecule has 0 aromatic heterocycles. The molecule has 11 amide bonds. The number of carbonyl (C=O) groups excluding carboxylic acids is 11. The number of hydrogen-bond acceptors (Lipinski definition) is 22. The zero-order valence-corrected chi connectivity index (χ0v) is 44.1. The average molecular weight is 1170 g/mol. The first-order chi connectivity index (χ1) is 38.4. The summed E-state index contributed by atoms with van der Waals surface area (Å²) in [4.78, 5) is 168. The fraction of sp³-hybridized carbons (Fsp3) is 0.556. The molecule has 0 bridgehead atoms. The molecular weight excluding hydrogens is 1100 g/mol. The molecule has 0 spiro atoms. The Kier molecular flexibility index (Phi) is 30.9. The summed E-state index contributed by atoms with van der Waals surface area (Å²) >= 11 is 0. The van der Waals surface area contributed by atoms with E-state index in [0.717, 1.165) is 13.8 Å². The molecule has 0 unspecified atom stereocenters. The lowest BCUT2D eigenvalue weighted by Gasteiger charge is -2.28. The quantitative estimate of drug-likeness (QED) is 0.0167. The van der Waals surface area contributed by atoms with Crippen LogP contribution in [-0.4, -0.2) is 241 Å². The van der Waals surface area contributed by atoms with Crippen LogP contribution in [0.1, 0.15) is 45.1 Å². The molecule has 12 atom stereocenters. The number of carbonyl (C=O) groups is 13. The number of aromatic hydroxyl groups is 1. The fourth-order valence-electron chi connectivity index (χ4n) is 6.74. The van der Waals surface area contributed by atoms with Crippen molar-refractivity contribution in [2.24, 2.45) is 17.2 Å². The number of aliphatic carboxylic acids is 2. The molecule has 0 saturated carbocycles. The first-order valence-electron chi connectivity index (χ1n) is 24.5. The van der Waals surface area contributed by atoms with Crippen molar-refractivity contribution in [1.82, 2.24) is 58.5 Å². The van der Waals surface area contributed by atoms with E-state index in [1.54, 1.807) is 0 Å². The lowest BCUT2D eigenvalue weighted by molar-refractivity contribution is -0.144.